The van der Waals surface area contributed by atoms with Crippen LogP contribution in [0, 0.1) is 11.5 Å². The van der Waals surface area contributed by atoms with Crippen LogP contribution in [0.25, 0.3) is 0 Å². The summed E-state index contributed by atoms with van der Waals surface area (Å²) < 4.78 is 5.02. The number of carbonyl (C=O) groups is 2. The molecule has 2 aliphatic rings. The number of hydrogen-bond donors (Lipinski definition) is 1. The molecule has 1 aliphatic carbocycles. The molecule has 216 valence electrons. The molecule has 40 heavy (non-hydrogen) atoms. The Morgan fingerprint density at radius 1 is 1.12 bits per heavy atom. The molecule has 1 saturated carbocycles. The zero-order chi connectivity index (χ0) is 29.3. The van der Waals surface area contributed by atoms with Crippen molar-refractivity contribution in [1.82, 2.24) is 15.2 Å². The van der Waals surface area contributed by atoms with Crippen molar-refractivity contribution < 1.29 is 14.3 Å². The molecule has 1 aliphatic heterocycles. The van der Waals surface area contributed by atoms with Crippen LogP contribution in [-0.2, 0) is 25.3 Å². The molecule has 1 N–H and O–H groups in total. The molecule has 3 unspecified atom stereocenters. The quantitative estimate of drug-likeness (QED) is 0.387. The monoisotopic (exact) mass is 547 g/mol. The predicted molar refractivity (Wildman–Crippen MR) is 158 cm³/mol. The summed E-state index contributed by atoms with van der Waals surface area (Å²) in [7, 11) is 3.59. The van der Waals surface area contributed by atoms with Gasteiger partial charge in [0.1, 0.15) is 11.8 Å². The normalized spacial score (nSPS) is 20.9. The van der Waals surface area contributed by atoms with Crippen LogP contribution in [0.1, 0.15) is 77.3 Å². The lowest BCUT2D eigenvalue weighted by Crippen LogP contribution is -2.55. The summed E-state index contributed by atoms with van der Waals surface area (Å²) in [6, 6.07) is 12.4. The second kappa shape index (κ2) is 13.8. The number of methoxy groups -OCH3 is 1. The third kappa shape index (κ3) is 7.39. The van der Waals surface area contributed by atoms with Gasteiger partial charge in [-0.1, -0.05) is 58.2 Å². The second-order valence-electron chi connectivity index (χ2n) is 12.0. The highest BCUT2D eigenvalue weighted by atomic mass is 16.5. The van der Waals surface area contributed by atoms with Gasteiger partial charge in [-0.15, -0.1) is 0 Å². The first-order chi connectivity index (χ1) is 19.0. The highest BCUT2D eigenvalue weighted by Gasteiger charge is 2.41. The highest BCUT2D eigenvalue weighted by molar-refractivity contribution is 5.91. The van der Waals surface area contributed by atoms with Gasteiger partial charge < -0.3 is 19.7 Å². The van der Waals surface area contributed by atoms with E-state index < -0.39 is 5.54 Å². The summed E-state index contributed by atoms with van der Waals surface area (Å²) in [6.07, 6.45) is 12.8. The molecular formula is C32H45N5O3. The van der Waals surface area contributed by atoms with Gasteiger partial charge in [-0.05, 0) is 48.9 Å². The average Bonchev–Trinajstić information content (AvgIpc) is 3.40. The molecule has 0 bridgehead atoms. The number of anilines is 1. The lowest BCUT2D eigenvalue weighted by atomic mass is 9.86. The van der Waals surface area contributed by atoms with Gasteiger partial charge in [-0.2, -0.15) is 5.26 Å². The number of nitrogens with one attached hydrogen (secondary N) is 1. The minimum Gasteiger partial charge on any atom is -0.379 e. The van der Waals surface area contributed by atoms with Crippen LogP contribution in [0.15, 0.2) is 48.8 Å². The molecule has 2 aromatic rings. The zero-order valence-electron chi connectivity index (χ0n) is 24.9. The highest BCUT2D eigenvalue weighted by Crippen LogP contribution is 2.34. The Morgan fingerprint density at radius 2 is 1.80 bits per heavy atom. The van der Waals surface area contributed by atoms with E-state index in [1.807, 2.05) is 32.3 Å². The van der Waals surface area contributed by atoms with Crippen molar-refractivity contribution >= 4 is 17.9 Å². The number of hydrogen-bond acceptors (Lipinski definition) is 7. The fourth-order valence-corrected chi connectivity index (χ4v) is 5.38. The number of rotatable bonds is 7. The van der Waals surface area contributed by atoms with E-state index in [4.69, 9.17) is 10.00 Å². The number of nitriles is 1. The number of likely N-dealkylation sites (tertiary alicyclic amines) is 1. The Bertz CT molecular complexity index is 1140. The van der Waals surface area contributed by atoms with E-state index in [9.17, 15) is 9.59 Å². The largest absolute Gasteiger partial charge is 0.379 e. The number of likely N-dealkylation sites (N-methyl/N-ethyl adjacent to an activating group) is 1. The SMILES string of the molecule is CN(c1ccc(C(C)(C)C)cc1)C(C)(C(=O)NC1CCCCC1)c1cccnc1.COC1CC(C=O)N(C#N)C1. The maximum absolute atomic E-state index is 13.6. The maximum atomic E-state index is 13.6. The van der Waals surface area contributed by atoms with Gasteiger partial charge in [0.25, 0.3) is 5.91 Å². The van der Waals surface area contributed by atoms with Gasteiger partial charge in [0, 0.05) is 50.3 Å². The fourth-order valence-electron chi connectivity index (χ4n) is 5.38. The number of amides is 1. The summed E-state index contributed by atoms with van der Waals surface area (Å²) >= 11 is 0. The van der Waals surface area contributed by atoms with Crippen molar-refractivity contribution in [3.63, 3.8) is 0 Å². The molecule has 1 saturated heterocycles. The third-order valence-corrected chi connectivity index (χ3v) is 8.32. The second-order valence-corrected chi connectivity index (χ2v) is 12.0. The Balaban J connectivity index is 0.000000336. The maximum Gasteiger partial charge on any atom is 0.250 e. The molecule has 8 heteroatoms. The Morgan fingerprint density at radius 3 is 2.30 bits per heavy atom. The van der Waals surface area contributed by atoms with E-state index >= 15 is 0 Å². The van der Waals surface area contributed by atoms with Gasteiger partial charge in [-0.3, -0.25) is 14.7 Å². The summed E-state index contributed by atoms with van der Waals surface area (Å²) in [5.74, 6) is 0.0415. The van der Waals surface area contributed by atoms with Crippen LogP contribution >= 0.6 is 0 Å². The van der Waals surface area contributed by atoms with Crippen LogP contribution in [0.2, 0.25) is 0 Å². The first-order valence-electron chi connectivity index (χ1n) is 14.2. The van der Waals surface area contributed by atoms with Crippen LogP contribution in [0.3, 0.4) is 0 Å². The lowest BCUT2D eigenvalue weighted by Gasteiger charge is -2.40. The predicted octanol–water partition coefficient (Wildman–Crippen LogP) is 4.94. The Labute approximate surface area is 239 Å². The number of nitrogens with zero attached hydrogens (tertiary/aromatic N) is 4. The number of aromatic nitrogens is 1. The van der Waals surface area contributed by atoms with Gasteiger partial charge in [0.05, 0.1) is 18.7 Å². The van der Waals surface area contributed by atoms with Crippen molar-refractivity contribution in [1.29, 1.82) is 5.26 Å². The number of benzene rings is 1. The first kappa shape index (κ1) is 31.1. The van der Waals surface area contributed by atoms with Crippen LogP contribution in [0.4, 0.5) is 5.69 Å². The van der Waals surface area contributed by atoms with Gasteiger partial charge in [0.15, 0.2) is 6.19 Å². The first-order valence-corrected chi connectivity index (χ1v) is 14.2. The van der Waals surface area contributed by atoms with Crippen molar-refractivity contribution in [2.45, 2.75) is 95.4 Å². The minimum atomic E-state index is -0.838. The smallest absolute Gasteiger partial charge is 0.250 e. The van der Waals surface area contributed by atoms with Crippen molar-refractivity contribution in [3.05, 3.63) is 59.9 Å². The van der Waals surface area contributed by atoms with E-state index in [-0.39, 0.29) is 29.5 Å². The number of aldehydes is 1. The summed E-state index contributed by atoms with van der Waals surface area (Å²) in [4.78, 5) is 31.8. The minimum absolute atomic E-state index is 0.0323. The van der Waals surface area contributed by atoms with E-state index in [2.05, 4.69) is 60.2 Å². The van der Waals surface area contributed by atoms with E-state index in [1.54, 1.807) is 19.5 Å². The van der Waals surface area contributed by atoms with Crippen molar-refractivity contribution in [2.24, 2.45) is 0 Å². The van der Waals surface area contributed by atoms with Gasteiger partial charge >= 0.3 is 0 Å². The molecule has 8 nitrogen and oxygen atoms in total. The molecule has 2 fully saturated rings. The molecule has 2 heterocycles. The fraction of sp³-hybridized carbons (Fsp3) is 0.562. The molecule has 0 spiro atoms. The van der Waals surface area contributed by atoms with E-state index in [1.165, 1.54) is 29.7 Å². The lowest BCUT2D eigenvalue weighted by molar-refractivity contribution is -0.127. The number of ether oxygens (including phenoxy) is 1. The molecular weight excluding hydrogens is 502 g/mol. The Kier molecular flexibility index (Phi) is 10.7. The summed E-state index contributed by atoms with van der Waals surface area (Å²) in [5, 5.41) is 11.9. The number of pyridine rings is 1. The standard InChI is InChI=1S/C25H35N3O.C7H10N2O2/c1-24(2,3)19-13-15-22(16-14-19)28(5)25(4,20-10-9-17-26-18-20)23(29)27-21-11-7-6-8-12-21;1-11-7-2-6(4-10)9(3-7)5-8/h9-10,13-18,21H,6-8,11-12H2,1-5H3,(H,27,29);4,6-7H,2-3H2,1H3. The molecule has 1 aromatic carbocycles. The summed E-state index contributed by atoms with van der Waals surface area (Å²) in [6.45, 7) is 9.17. The topological polar surface area (TPSA) is 98.6 Å². The van der Waals surface area contributed by atoms with Crippen LogP contribution in [0.5, 0.6) is 0 Å². The zero-order valence-corrected chi connectivity index (χ0v) is 24.9. The molecule has 3 atom stereocenters. The van der Waals surface area contributed by atoms with Crippen molar-refractivity contribution in [2.75, 3.05) is 25.6 Å². The van der Waals surface area contributed by atoms with Crippen LogP contribution in [-0.4, -0.2) is 61.0 Å². The van der Waals surface area contributed by atoms with Crippen LogP contribution < -0.4 is 10.2 Å². The van der Waals surface area contributed by atoms with Crippen molar-refractivity contribution in [3.8, 4) is 6.19 Å². The van der Waals surface area contributed by atoms with E-state index in [0.29, 0.717) is 13.0 Å². The third-order valence-electron chi connectivity index (χ3n) is 8.32. The molecule has 4 rings (SSSR count). The van der Waals surface area contributed by atoms with E-state index in [0.717, 1.165) is 30.4 Å². The Hall–Kier alpha value is -3.44. The molecule has 1 aromatic heterocycles. The molecule has 1 amide bonds. The summed E-state index contributed by atoms with van der Waals surface area (Å²) in [5.41, 5.74) is 2.46. The average molecular weight is 548 g/mol. The van der Waals surface area contributed by atoms with Gasteiger partial charge in [0.2, 0.25) is 0 Å². The molecule has 0 radical (unpaired) electrons. The van der Waals surface area contributed by atoms with Gasteiger partial charge in [-0.25, -0.2) is 0 Å². The number of carbonyl (C=O) groups excluding carboxylic acids is 2.